The van der Waals surface area contributed by atoms with Crippen LogP contribution in [0.2, 0.25) is 0 Å². The van der Waals surface area contributed by atoms with Crippen molar-refractivity contribution in [2.24, 2.45) is 0 Å². The second-order valence-corrected chi connectivity index (χ2v) is 6.37. The minimum absolute atomic E-state index is 0.169. The van der Waals surface area contributed by atoms with Crippen molar-refractivity contribution in [1.82, 2.24) is 10.3 Å². The Balaban J connectivity index is 2.60. The number of nitrogens with one attached hydrogen (secondary N) is 1. The first-order valence-corrected chi connectivity index (χ1v) is 7.66. The molecule has 0 saturated carbocycles. The summed E-state index contributed by atoms with van der Waals surface area (Å²) >= 11 is 0. The lowest BCUT2D eigenvalue weighted by atomic mass is 9.98. The molecule has 0 saturated heterocycles. The molecule has 1 heterocycles. The van der Waals surface area contributed by atoms with E-state index >= 15 is 0 Å². The monoisotopic (exact) mass is 278 g/mol. The van der Waals surface area contributed by atoms with Crippen LogP contribution in [0.25, 0.3) is 0 Å². The molecule has 3 nitrogen and oxygen atoms in total. The van der Waals surface area contributed by atoms with Gasteiger partial charge in [-0.3, -0.25) is 4.98 Å². The Bertz CT molecular complexity index is 385. The fraction of sp³-hybridized carbons (Fsp3) is 0.706. The van der Waals surface area contributed by atoms with E-state index in [2.05, 4.69) is 51.2 Å². The third-order valence-electron chi connectivity index (χ3n) is 3.45. The SMILES string of the molecule is CCC(CCOC)c1cccc(CCNC(C)(C)C)n1. The molecule has 1 aromatic heterocycles. The van der Waals surface area contributed by atoms with Crippen molar-refractivity contribution < 1.29 is 4.74 Å². The lowest BCUT2D eigenvalue weighted by Crippen LogP contribution is -2.37. The van der Waals surface area contributed by atoms with Gasteiger partial charge >= 0.3 is 0 Å². The number of hydrogen-bond acceptors (Lipinski definition) is 3. The zero-order chi connectivity index (χ0) is 15.0. The fourth-order valence-corrected chi connectivity index (χ4v) is 2.25. The molecule has 0 aliphatic rings. The zero-order valence-electron chi connectivity index (χ0n) is 13.7. The smallest absolute Gasteiger partial charge is 0.0468 e. The maximum Gasteiger partial charge on any atom is 0.0468 e. The second kappa shape index (κ2) is 8.38. The summed E-state index contributed by atoms with van der Waals surface area (Å²) in [5, 5.41) is 3.51. The van der Waals surface area contributed by atoms with Gasteiger partial charge in [0.15, 0.2) is 0 Å². The van der Waals surface area contributed by atoms with Gasteiger partial charge < -0.3 is 10.1 Å². The summed E-state index contributed by atoms with van der Waals surface area (Å²) in [6.07, 6.45) is 3.13. The minimum atomic E-state index is 0.169. The van der Waals surface area contributed by atoms with Crippen molar-refractivity contribution in [3.05, 3.63) is 29.6 Å². The number of rotatable bonds is 8. The van der Waals surface area contributed by atoms with Crippen LogP contribution < -0.4 is 5.32 Å². The molecule has 1 N–H and O–H groups in total. The molecule has 0 bridgehead atoms. The summed E-state index contributed by atoms with van der Waals surface area (Å²) in [5.41, 5.74) is 2.55. The van der Waals surface area contributed by atoms with Crippen LogP contribution in [0, 0.1) is 0 Å². The van der Waals surface area contributed by atoms with E-state index in [-0.39, 0.29) is 5.54 Å². The van der Waals surface area contributed by atoms with E-state index in [9.17, 15) is 0 Å². The Kier molecular flexibility index (Phi) is 7.17. The van der Waals surface area contributed by atoms with E-state index < -0.39 is 0 Å². The summed E-state index contributed by atoms with van der Waals surface area (Å²) in [7, 11) is 1.76. The predicted molar refractivity (Wildman–Crippen MR) is 85.2 cm³/mol. The Morgan fingerprint density at radius 3 is 2.65 bits per heavy atom. The normalized spacial score (nSPS) is 13.4. The second-order valence-electron chi connectivity index (χ2n) is 6.37. The first-order chi connectivity index (χ1) is 9.46. The van der Waals surface area contributed by atoms with Gasteiger partial charge in [-0.15, -0.1) is 0 Å². The number of ether oxygens (including phenoxy) is 1. The van der Waals surface area contributed by atoms with Crippen molar-refractivity contribution in [1.29, 1.82) is 0 Å². The highest BCUT2D eigenvalue weighted by molar-refractivity contribution is 5.15. The van der Waals surface area contributed by atoms with Crippen molar-refractivity contribution in [3.63, 3.8) is 0 Å². The van der Waals surface area contributed by atoms with E-state index in [4.69, 9.17) is 9.72 Å². The number of methoxy groups -OCH3 is 1. The van der Waals surface area contributed by atoms with Gasteiger partial charge in [0.05, 0.1) is 0 Å². The molecule has 1 unspecified atom stereocenters. The molecule has 0 fully saturated rings. The van der Waals surface area contributed by atoms with Crippen LogP contribution in [-0.2, 0) is 11.2 Å². The number of hydrogen-bond donors (Lipinski definition) is 1. The van der Waals surface area contributed by atoms with Crippen molar-refractivity contribution in [2.45, 2.75) is 58.4 Å². The lowest BCUT2D eigenvalue weighted by molar-refractivity contribution is 0.186. The van der Waals surface area contributed by atoms with E-state index in [0.717, 1.165) is 32.4 Å². The topological polar surface area (TPSA) is 34.1 Å². The summed E-state index contributed by atoms with van der Waals surface area (Å²) in [6.45, 7) is 10.6. The molecule has 0 radical (unpaired) electrons. The molecule has 0 aliphatic heterocycles. The highest BCUT2D eigenvalue weighted by Crippen LogP contribution is 2.21. The Labute approximate surface area is 124 Å². The summed E-state index contributed by atoms with van der Waals surface area (Å²) < 4.78 is 5.19. The van der Waals surface area contributed by atoms with Crippen LogP contribution in [0.15, 0.2) is 18.2 Å². The third-order valence-corrected chi connectivity index (χ3v) is 3.45. The van der Waals surface area contributed by atoms with E-state index in [1.165, 1.54) is 11.4 Å². The quantitative estimate of drug-likeness (QED) is 0.789. The number of aromatic nitrogens is 1. The van der Waals surface area contributed by atoms with Crippen molar-refractivity contribution in [2.75, 3.05) is 20.3 Å². The standard InChI is InChI=1S/C17H30N2O/c1-6-14(11-13-20-5)16-9-7-8-15(19-16)10-12-18-17(2,3)4/h7-9,14,18H,6,10-13H2,1-5H3. The van der Waals surface area contributed by atoms with E-state index in [1.807, 2.05) is 0 Å². The van der Waals surface area contributed by atoms with Gasteiger partial charge in [-0.1, -0.05) is 13.0 Å². The van der Waals surface area contributed by atoms with Crippen LogP contribution in [0.4, 0.5) is 0 Å². The molecule has 0 spiro atoms. The van der Waals surface area contributed by atoms with Crippen molar-refractivity contribution >= 4 is 0 Å². The largest absolute Gasteiger partial charge is 0.385 e. The third kappa shape index (κ3) is 6.49. The van der Waals surface area contributed by atoms with Gasteiger partial charge in [0.25, 0.3) is 0 Å². The average molecular weight is 278 g/mol. The van der Waals surface area contributed by atoms with Gasteiger partial charge in [-0.05, 0) is 45.7 Å². The van der Waals surface area contributed by atoms with Crippen LogP contribution in [0.3, 0.4) is 0 Å². The van der Waals surface area contributed by atoms with Crippen LogP contribution in [0.1, 0.15) is 57.8 Å². The van der Waals surface area contributed by atoms with Gasteiger partial charge in [0.2, 0.25) is 0 Å². The maximum atomic E-state index is 5.19. The fourth-order valence-electron chi connectivity index (χ4n) is 2.25. The minimum Gasteiger partial charge on any atom is -0.385 e. The summed E-state index contributed by atoms with van der Waals surface area (Å²) in [6, 6.07) is 6.39. The van der Waals surface area contributed by atoms with Crippen LogP contribution >= 0.6 is 0 Å². The lowest BCUT2D eigenvalue weighted by Gasteiger charge is -2.20. The molecule has 1 aromatic rings. The molecule has 20 heavy (non-hydrogen) atoms. The first kappa shape index (κ1) is 17.1. The Morgan fingerprint density at radius 2 is 2.05 bits per heavy atom. The molecule has 114 valence electrons. The van der Waals surface area contributed by atoms with E-state index in [1.54, 1.807) is 7.11 Å². The van der Waals surface area contributed by atoms with Gasteiger partial charge in [-0.25, -0.2) is 0 Å². The molecule has 0 aromatic carbocycles. The molecule has 1 rings (SSSR count). The summed E-state index contributed by atoms with van der Waals surface area (Å²) in [5.74, 6) is 0.505. The van der Waals surface area contributed by atoms with Crippen LogP contribution in [0.5, 0.6) is 0 Å². The molecular weight excluding hydrogens is 248 g/mol. The molecule has 0 amide bonds. The molecular formula is C17H30N2O. The van der Waals surface area contributed by atoms with Gasteiger partial charge in [-0.2, -0.15) is 0 Å². The number of pyridine rings is 1. The van der Waals surface area contributed by atoms with E-state index in [0.29, 0.717) is 5.92 Å². The first-order valence-electron chi connectivity index (χ1n) is 7.66. The highest BCUT2D eigenvalue weighted by Gasteiger charge is 2.12. The highest BCUT2D eigenvalue weighted by atomic mass is 16.5. The Hall–Kier alpha value is -0.930. The predicted octanol–water partition coefficient (Wildman–Crippen LogP) is 3.54. The number of nitrogens with zero attached hydrogens (tertiary/aromatic N) is 1. The molecule has 1 atom stereocenters. The summed E-state index contributed by atoms with van der Waals surface area (Å²) in [4.78, 5) is 4.82. The van der Waals surface area contributed by atoms with Gasteiger partial charge in [0, 0.05) is 49.5 Å². The maximum absolute atomic E-state index is 5.19. The zero-order valence-corrected chi connectivity index (χ0v) is 13.7. The van der Waals surface area contributed by atoms with Gasteiger partial charge in [0.1, 0.15) is 0 Å². The van der Waals surface area contributed by atoms with Crippen LogP contribution in [-0.4, -0.2) is 30.8 Å². The molecule has 0 aliphatic carbocycles. The Morgan fingerprint density at radius 1 is 1.30 bits per heavy atom. The molecule has 3 heteroatoms. The van der Waals surface area contributed by atoms with Crippen molar-refractivity contribution in [3.8, 4) is 0 Å². The average Bonchev–Trinajstić information content (AvgIpc) is 2.39.